The second-order valence-electron chi connectivity index (χ2n) is 6.81. The Morgan fingerprint density at radius 2 is 1.91 bits per heavy atom. The van der Waals surface area contributed by atoms with E-state index in [0.717, 1.165) is 0 Å². The molecule has 0 aliphatic rings. The van der Waals surface area contributed by atoms with Crippen LogP contribution in [0.25, 0.3) is 11.6 Å². The standard InChI is InChI=1S/C24H17BrN2O6/c1-32-22-11-16(9-19(13-26)17-5-3-7-20(12-17)27(30)31)10-21(25)23(22)33-14-15-4-2-6-18(8-15)24(28)29/h2-12H,14H2,1H3,(H,28,29)/b19-9-. The van der Waals surface area contributed by atoms with Crippen molar-refractivity contribution in [1.82, 2.24) is 0 Å². The molecule has 0 atom stereocenters. The van der Waals surface area contributed by atoms with E-state index in [2.05, 4.69) is 22.0 Å². The molecule has 9 heteroatoms. The van der Waals surface area contributed by atoms with Gasteiger partial charge in [0.1, 0.15) is 6.61 Å². The summed E-state index contributed by atoms with van der Waals surface area (Å²) in [4.78, 5) is 21.7. The van der Waals surface area contributed by atoms with E-state index in [-0.39, 0.29) is 23.4 Å². The summed E-state index contributed by atoms with van der Waals surface area (Å²) in [5.41, 5.74) is 2.00. The van der Waals surface area contributed by atoms with Crippen molar-refractivity contribution in [3.63, 3.8) is 0 Å². The highest BCUT2D eigenvalue weighted by molar-refractivity contribution is 9.10. The second-order valence-corrected chi connectivity index (χ2v) is 7.66. The number of nitro groups is 1. The number of carbonyl (C=O) groups is 1. The number of benzene rings is 3. The van der Waals surface area contributed by atoms with Crippen molar-refractivity contribution in [2.24, 2.45) is 0 Å². The summed E-state index contributed by atoms with van der Waals surface area (Å²) in [6.07, 6.45) is 1.59. The first-order chi connectivity index (χ1) is 15.8. The van der Waals surface area contributed by atoms with Crippen LogP contribution in [-0.2, 0) is 6.61 Å². The highest BCUT2D eigenvalue weighted by Gasteiger charge is 2.14. The maximum atomic E-state index is 11.2. The first kappa shape index (κ1) is 23.5. The lowest BCUT2D eigenvalue weighted by molar-refractivity contribution is -0.384. The molecule has 0 heterocycles. The van der Waals surface area contributed by atoms with Gasteiger partial charge in [-0.2, -0.15) is 5.26 Å². The van der Waals surface area contributed by atoms with Gasteiger partial charge in [0.05, 0.1) is 33.7 Å². The van der Waals surface area contributed by atoms with Gasteiger partial charge < -0.3 is 14.6 Å². The highest BCUT2D eigenvalue weighted by Crippen LogP contribution is 2.38. The van der Waals surface area contributed by atoms with Crippen molar-refractivity contribution in [3.8, 4) is 17.6 Å². The Hall–Kier alpha value is -4.16. The molecule has 0 saturated heterocycles. The molecule has 166 valence electrons. The van der Waals surface area contributed by atoms with Gasteiger partial charge in [-0.1, -0.05) is 24.3 Å². The summed E-state index contributed by atoms with van der Waals surface area (Å²) in [6.45, 7) is 0.113. The lowest BCUT2D eigenvalue weighted by atomic mass is 10.0. The predicted octanol–water partition coefficient (Wildman–Crippen LogP) is 5.71. The molecule has 3 rings (SSSR count). The molecule has 0 amide bonds. The van der Waals surface area contributed by atoms with Gasteiger partial charge in [0, 0.05) is 12.1 Å². The third-order valence-corrected chi connectivity index (χ3v) is 5.20. The fraction of sp³-hybridized carbons (Fsp3) is 0.0833. The zero-order chi connectivity index (χ0) is 24.0. The Morgan fingerprint density at radius 1 is 1.18 bits per heavy atom. The third-order valence-electron chi connectivity index (χ3n) is 4.61. The number of nitrogens with zero attached hydrogens (tertiary/aromatic N) is 2. The van der Waals surface area contributed by atoms with Crippen LogP contribution < -0.4 is 9.47 Å². The van der Waals surface area contributed by atoms with Crippen LogP contribution in [0.5, 0.6) is 11.5 Å². The van der Waals surface area contributed by atoms with Gasteiger partial charge in [0.2, 0.25) is 0 Å². The molecule has 0 spiro atoms. The molecule has 0 aliphatic carbocycles. The largest absolute Gasteiger partial charge is 0.493 e. The average molecular weight is 509 g/mol. The van der Waals surface area contributed by atoms with Crippen LogP contribution in [-0.4, -0.2) is 23.1 Å². The number of aromatic carboxylic acids is 1. The number of carboxylic acids is 1. The van der Waals surface area contributed by atoms with Crippen molar-refractivity contribution in [2.75, 3.05) is 7.11 Å². The van der Waals surface area contributed by atoms with E-state index in [9.17, 15) is 20.2 Å². The molecule has 0 saturated carbocycles. The Morgan fingerprint density at radius 3 is 2.58 bits per heavy atom. The number of allylic oxidation sites excluding steroid dienone is 1. The van der Waals surface area contributed by atoms with Gasteiger partial charge in [0.15, 0.2) is 11.5 Å². The monoisotopic (exact) mass is 508 g/mol. The molecule has 8 nitrogen and oxygen atoms in total. The first-order valence-corrected chi connectivity index (χ1v) is 10.3. The fourth-order valence-corrected chi connectivity index (χ4v) is 3.62. The Labute approximate surface area is 197 Å². The molecule has 0 aromatic heterocycles. The first-order valence-electron chi connectivity index (χ1n) is 9.51. The van der Waals surface area contributed by atoms with Crippen LogP contribution >= 0.6 is 15.9 Å². The van der Waals surface area contributed by atoms with Gasteiger partial charge in [0.25, 0.3) is 5.69 Å². The Bertz CT molecular complexity index is 1300. The highest BCUT2D eigenvalue weighted by atomic mass is 79.9. The number of rotatable bonds is 8. The zero-order valence-corrected chi connectivity index (χ0v) is 18.9. The summed E-state index contributed by atoms with van der Waals surface area (Å²) in [5.74, 6) is -0.227. The lowest BCUT2D eigenvalue weighted by Gasteiger charge is -2.14. The van der Waals surface area contributed by atoms with Gasteiger partial charge in [-0.25, -0.2) is 4.79 Å². The van der Waals surface area contributed by atoms with Crippen LogP contribution in [0.3, 0.4) is 0 Å². The summed E-state index contributed by atoms with van der Waals surface area (Å²) in [7, 11) is 1.47. The van der Waals surface area contributed by atoms with Crippen molar-refractivity contribution in [2.45, 2.75) is 6.61 Å². The molecule has 3 aromatic rings. The van der Waals surface area contributed by atoms with E-state index in [0.29, 0.717) is 32.7 Å². The van der Waals surface area contributed by atoms with Crippen LogP contribution in [0.15, 0.2) is 65.1 Å². The van der Waals surface area contributed by atoms with E-state index < -0.39 is 10.9 Å². The minimum absolute atomic E-state index is 0.108. The van der Waals surface area contributed by atoms with Gasteiger partial charge in [-0.15, -0.1) is 0 Å². The minimum atomic E-state index is -1.02. The molecule has 3 aromatic carbocycles. The van der Waals surface area contributed by atoms with E-state index in [1.54, 1.807) is 36.4 Å². The maximum absolute atomic E-state index is 11.2. The molecule has 0 aliphatic heterocycles. The van der Waals surface area contributed by atoms with Crippen molar-refractivity contribution >= 4 is 39.2 Å². The average Bonchev–Trinajstić information content (AvgIpc) is 2.81. The number of nitriles is 1. The molecular weight excluding hydrogens is 492 g/mol. The molecule has 0 unspecified atom stereocenters. The predicted molar refractivity (Wildman–Crippen MR) is 125 cm³/mol. The molecule has 0 fully saturated rings. The van der Waals surface area contributed by atoms with E-state index in [1.807, 2.05) is 0 Å². The number of hydrogen-bond donors (Lipinski definition) is 1. The molecule has 1 N–H and O–H groups in total. The van der Waals surface area contributed by atoms with Gasteiger partial charge in [-0.05, 0) is 63.0 Å². The molecule has 33 heavy (non-hydrogen) atoms. The Balaban J connectivity index is 1.90. The smallest absolute Gasteiger partial charge is 0.335 e. The van der Waals surface area contributed by atoms with E-state index >= 15 is 0 Å². The number of non-ortho nitro benzene ring substituents is 1. The van der Waals surface area contributed by atoms with Crippen LogP contribution in [0.2, 0.25) is 0 Å². The maximum Gasteiger partial charge on any atom is 0.335 e. The summed E-state index contributed by atoms with van der Waals surface area (Å²) in [6, 6.07) is 17.7. The van der Waals surface area contributed by atoms with Crippen LogP contribution in [0, 0.1) is 21.4 Å². The normalized spacial score (nSPS) is 10.9. The minimum Gasteiger partial charge on any atom is -0.493 e. The summed E-state index contributed by atoms with van der Waals surface area (Å²) < 4.78 is 11.9. The molecule has 0 bridgehead atoms. The van der Waals surface area contributed by atoms with E-state index in [1.165, 1.54) is 37.4 Å². The Kier molecular flexibility index (Phi) is 7.43. The lowest BCUT2D eigenvalue weighted by Crippen LogP contribution is -2.02. The van der Waals surface area contributed by atoms with Crippen molar-refractivity contribution < 1.29 is 24.3 Å². The fourth-order valence-electron chi connectivity index (χ4n) is 3.05. The van der Waals surface area contributed by atoms with Crippen LogP contribution in [0.1, 0.15) is 27.0 Å². The summed E-state index contributed by atoms with van der Waals surface area (Å²) >= 11 is 3.45. The number of nitro benzene ring substituents is 1. The second kappa shape index (κ2) is 10.4. The summed E-state index contributed by atoms with van der Waals surface area (Å²) in [5, 5.41) is 29.8. The number of halogens is 1. The molecule has 0 radical (unpaired) electrons. The van der Waals surface area contributed by atoms with Crippen molar-refractivity contribution in [3.05, 3.63) is 97.5 Å². The number of ether oxygens (including phenoxy) is 2. The van der Waals surface area contributed by atoms with E-state index in [4.69, 9.17) is 14.6 Å². The topological polar surface area (TPSA) is 123 Å². The van der Waals surface area contributed by atoms with Crippen molar-refractivity contribution in [1.29, 1.82) is 5.26 Å². The molecular formula is C24H17BrN2O6. The quantitative estimate of drug-likeness (QED) is 0.179. The SMILES string of the molecule is COc1cc(/C=C(/C#N)c2cccc([N+](=O)[O-])c2)cc(Br)c1OCc1cccc(C(=O)O)c1. The number of carboxylic acid groups (broad SMARTS) is 1. The van der Waals surface area contributed by atoms with Crippen LogP contribution in [0.4, 0.5) is 5.69 Å². The van der Waals surface area contributed by atoms with Gasteiger partial charge in [-0.3, -0.25) is 10.1 Å². The number of methoxy groups -OCH3 is 1. The number of hydrogen-bond acceptors (Lipinski definition) is 6. The third kappa shape index (κ3) is 5.75. The zero-order valence-electron chi connectivity index (χ0n) is 17.3. The van der Waals surface area contributed by atoms with Gasteiger partial charge >= 0.3 is 5.97 Å².